The van der Waals surface area contributed by atoms with E-state index in [1.165, 1.54) is 11.3 Å². The molecule has 1 aliphatic rings. The van der Waals surface area contributed by atoms with Gasteiger partial charge in [0.05, 0.1) is 30.5 Å². The summed E-state index contributed by atoms with van der Waals surface area (Å²) in [4.78, 5) is 23.8. The molecular formula is C20H21N3O3S. The second kappa shape index (κ2) is 6.81. The number of methoxy groups -OCH3 is 2. The van der Waals surface area contributed by atoms with E-state index in [1.54, 1.807) is 32.4 Å². The standard InChI is InChI=1S/C20H21N3O3S/c1-10-16-11(2)21-18(12-5-6-12)23-20(16)27-17(10)19(24)22-14-8-7-13(25-3)9-15(14)26-4/h7-9,12H,5-6H2,1-4H3,(H,22,24). The molecule has 0 atom stereocenters. The van der Waals surface area contributed by atoms with Gasteiger partial charge in [0.15, 0.2) is 0 Å². The number of aryl methyl sites for hydroxylation is 2. The third-order valence-electron chi connectivity index (χ3n) is 4.79. The highest BCUT2D eigenvalue weighted by Gasteiger charge is 2.28. The fourth-order valence-electron chi connectivity index (χ4n) is 3.18. The summed E-state index contributed by atoms with van der Waals surface area (Å²) in [5.41, 5.74) is 2.46. The quantitative estimate of drug-likeness (QED) is 0.704. The average molecular weight is 383 g/mol. The molecule has 0 saturated heterocycles. The molecule has 1 fully saturated rings. The molecule has 1 saturated carbocycles. The van der Waals surface area contributed by atoms with Gasteiger partial charge in [-0.3, -0.25) is 4.79 Å². The van der Waals surface area contributed by atoms with Crippen molar-refractivity contribution in [2.75, 3.05) is 19.5 Å². The molecule has 2 heterocycles. The van der Waals surface area contributed by atoms with Crippen LogP contribution in [0.3, 0.4) is 0 Å². The molecule has 1 N–H and O–H groups in total. The van der Waals surface area contributed by atoms with Crippen molar-refractivity contribution in [3.8, 4) is 11.5 Å². The van der Waals surface area contributed by atoms with Gasteiger partial charge < -0.3 is 14.8 Å². The molecule has 0 aliphatic heterocycles. The molecule has 0 bridgehead atoms. The maximum atomic E-state index is 12.9. The lowest BCUT2D eigenvalue weighted by Gasteiger charge is -2.11. The maximum absolute atomic E-state index is 12.9. The van der Waals surface area contributed by atoms with Crippen LogP contribution in [0.5, 0.6) is 11.5 Å². The van der Waals surface area contributed by atoms with Crippen LogP contribution in [0.15, 0.2) is 18.2 Å². The second-order valence-electron chi connectivity index (χ2n) is 6.70. The van der Waals surface area contributed by atoms with Gasteiger partial charge in [0.1, 0.15) is 22.2 Å². The Morgan fingerprint density at radius 2 is 1.96 bits per heavy atom. The lowest BCUT2D eigenvalue weighted by atomic mass is 10.1. The summed E-state index contributed by atoms with van der Waals surface area (Å²) in [5.74, 6) is 2.43. The molecule has 0 spiro atoms. The van der Waals surface area contributed by atoms with E-state index >= 15 is 0 Å². The molecule has 3 aromatic rings. The van der Waals surface area contributed by atoms with E-state index < -0.39 is 0 Å². The van der Waals surface area contributed by atoms with E-state index in [9.17, 15) is 4.79 Å². The first-order valence-corrected chi connectivity index (χ1v) is 9.64. The minimum absolute atomic E-state index is 0.175. The summed E-state index contributed by atoms with van der Waals surface area (Å²) in [6.07, 6.45) is 2.31. The fraction of sp³-hybridized carbons (Fsp3) is 0.350. The number of rotatable bonds is 5. The molecule has 1 amide bonds. The van der Waals surface area contributed by atoms with Gasteiger partial charge in [-0.15, -0.1) is 11.3 Å². The number of nitrogens with zero attached hydrogens (tertiary/aromatic N) is 2. The predicted octanol–water partition coefficient (Wildman–Crippen LogP) is 4.46. The summed E-state index contributed by atoms with van der Waals surface area (Å²) in [6, 6.07) is 5.30. The zero-order valence-corrected chi connectivity index (χ0v) is 16.6. The number of thiophene rings is 1. The summed E-state index contributed by atoms with van der Waals surface area (Å²) in [7, 11) is 3.15. The van der Waals surface area contributed by atoms with Crippen molar-refractivity contribution < 1.29 is 14.3 Å². The lowest BCUT2D eigenvalue weighted by Crippen LogP contribution is -2.12. The van der Waals surface area contributed by atoms with Gasteiger partial charge in [-0.2, -0.15) is 0 Å². The monoisotopic (exact) mass is 383 g/mol. The topological polar surface area (TPSA) is 73.3 Å². The van der Waals surface area contributed by atoms with E-state index in [1.807, 2.05) is 13.8 Å². The van der Waals surface area contributed by atoms with Gasteiger partial charge in [-0.25, -0.2) is 9.97 Å². The number of carbonyl (C=O) groups excluding carboxylic acids is 1. The highest BCUT2D eigenvalue weighted by Crippen LogP contribution is 2.40. The Morgan fingerprint density at radius 1 is 1.19 bits per heavy atom. The Balaban J connectivity index is 1.69. The van der Waals surface area contributed by atoms with Crippen molar-refractivity contribution >= 4 is 33.1 Å². The van der Waals surface area contributed by atoms with Crippen LogP contribution in [0.25, 0.3) is 10.2 Å². The molecule has 140 valence electrons. The predicted molar refractivity (Wildman–Crippen MR) is 106 cm³/mol. The van der Waals surface area contributed by atoms with E-state index in [-0.39, 0.29) is 5.91 Å². The van der Waals surface area contributed by atoms with Gasteiger partial charge in [0.2, 0.25) is 0 Å². The van der Waals surface area contributed by atoms with Gasteiger partial charge in [0.25, 0.3) is 5.91 Å². The van der Waals surface area contributed by atoms with Crippen LogP contribution in [0.1, 0.15) is 45.5 Å². The summed E-state index contributed by atoms with van der Waals surface area (Å²) in [5, 5.41) is 3.93. The van der Waals surface area contributed by atoms with Crippen LogP contribution in [0.4, 0.5) is 5.69 Å². The number of ether oxygens (including phenoxy) is 2. The number of carbonyl (C=O) groups is 1. The maximum Gasteiger partial charge on any atom is 0.266 e. The molecule has 27 heavy (non-hydrogen) atoms. The number of nitrogens with one attached hydrogen (secondary N) is 1. The van der Waals surface area contributed by atoms with Crippen LogP contribution in [0.2, 0.25) is 0 Å². The van der Waals surface area contributed by atoms with E-state index in [2.05, 4.69) is 10.3 Å². The fourth-order valence-corrected chi connectivity index (χ4v) is 4.32. The Morgan fingerprint density at radius 3 is 2.63 bits per heavy atom. The van der Waals surface area contributed by atoms with Crippen molar-refractivity contribution in [1.82, 2.24) is 9.97 Å². The molecule has 0 unspecified atom stereocenters. The van der Waals surface area contributed by atoms with Crippen LogP contribution in [0, 0.1) is 13.8 Å². The minimum Gasteiger partial charge on any atom is -0.497 e. The third kappa shape index (κ3) is 3.23. The number of anilines is 1. The van der Waals surface area contributed by atoms with Crippen LogP contribution in [-0.2, 0) is 0 Å². The van der Waals surface area contributed by atoms with E-state index in [0.717, 1.165) is 40.1 Å². The zero-order valence-electron chi connectivity index (χ0n) is 15.8. The van der Waals surface area contributed by atoms with E-state index in [0.29, 0.717) is 28.0 Å². The molecule has 0 radical (unpaired) electrons. The first-order valence-electron chi connectivity index (χ1n) is 8.82. The van der Waals surface area contributed by atoms with Gasteiger partial charge >= 0.3 is 0 Å². The molecule has 2 aromatic heterocycles. The second-order valence-corrected chi connectivity index (χ2v) is 7.70. The van der Waals surface area contributed by atoms with Gasteiger partial charge in [-0.1, -0.05) is 0 Å². The van der Waals surface area contributed by atoms with Crippen LogP contribution >= 0.6 is 11.3 Å². The summed E-state index contributed by atoms with van der Waals surface area (Å²) in [6.45, 7) is 3.94. The van der Waals surface area contributed by atoms with Crippen molar-refractivity contribution in [2.45, 2.75) is 32.6 Å². The van der Waals surface area contributed by atoms with Crippen molar-refractivity contribution in [1.29, 1.82) is 0 Å². The lowest BCUT2D eigenvalue weighted by molar-refractivity contribution is 0.102. The number of fused-ring (bicyclic) bond motifs is 1. The average Bonchev–Trinajstić information content (AvgIpc) is 3.45. The van der Waals surface area contributed by atoms with Crippen LogP contribution in [-0.4, -0.2) is 30.1 Å². The Bertz CT molecular complexity index is 1040. The first kappa shape index (κ1) is 17.7. The van der Waals surface area contributed by atoms with Crippen molar-refractivity contribution in [3.05, 3.63) is 40.2 Å². The highest BCUT2D eigenvalue weighted by molar-refractivity contribution is 7.20. The number of amides is 1. The normalized spacial score (nSPS) is 13.6. The minimum atomic E-state index is -0.175. The Labute approximate surface area is 161 Å². The number of hydrogen-bond donors (Lipinski definition) is 1. The number of aromatic nitrogens is 2. The van der Waals surface area contributed by atoms with E-state index in [4.69, 9.17) is 14.5 Å². The highest BCUT2D eigenvalue weighted by atomic mass is 32.1. The van der Waals surface area contributed by atoms with Gasteiger partial charge in [-0.05, 0) is 44.4 Å². The SMILES string of the molecule is COc1ccc(NC(=O)c2sc3nc(C4CC4)nc(C)c3c2C)c(OC)c1. The zero-order chi connectivity index (χ0) is 19.1. The molecule has 1 aliphatic carbocycles. The number of benzene rings is 1. The smallest absolute Gasteiger partial charge is 0.266 e. The largest absolute Gasteiger partial charge is 0.497 e. The Kier molecular flexibility index (Phi) is 4.47. The van der Waals surface area contributed by atoms with Crippen molar-refractivity contribution in [3.63, 3.8) is 0 Å². The summed E-state index contributed by atoms with van der Waals surface area (Å²) < 4.78 is 10.6. The molecule has 7 heteroatoms. The Hall–Kier alpha value is -2.67. The van der Waals surface area contributed by atoms with Crippen LogP contribution < -0.4 is 14.8 Å². The third-order valence-corrected chi connectivity index (χ3v) is 5.98. The number of hydrogen-bond acceptors (Lipinski definition) is 6. The first-order chi connectivity index (χ1) is 13.0. The van der Waals surface area contributed by atoms with Crippen molar-refractivity contribution in [2.24, 2.45) is 0 Å². The molecule has 6 nitrogen and oxygen atoms in total. The molecule has 4 rings (SSSR count). The van der Waals surface area contributed by atoms with Gasteiger partial charge in [0, 0.05) is 17.4 Å². The molecular weight excluding hydrogens is 362 g/mol. The molecule has 1 aromatic carbocycles. The summed E-state index contributed by atoms with van der Waals surface area (Å²) >= 11 is 1.42.